The summed E-state index contributed by atoms with van der Waals surface area (Å²) in [6.07, 6.45) is 2.64. The van der Waals surface area contributed by atoms with Crippen molar-refractivity contribution in [3.63, 3.8) is 0 Å². The van der Waals surface area contributed by atoms with Gasteiger partial charge in [-0.15, -0.1) is 0 Å². The standard InChI is InChI=1S/C13H17N3O2S/c1-7(2)5-8-6-14-11-9(10(8)19)12(17)16(4)13(18)15(11)3/h6-7,9H,5H2,1-4H3/p+1. The number of hydrogen-bond acceptors (Lipinski definition) is 3. The zero-order valence-corrected chi connectivity index (χ0v) is 12.4. The summed E-state index contributed by atoms with van der Waals surface area (Å²) in [7, 11) is 3.13. The normalized spacial score (nSPS) is 23.6. The van der Waals surface area contributed by atoms with Gasteiger partial charge in [-0.25, -0.2) is 14.7 Å². The van der Waals surface area contributed by atoms with Gasteiger partial charge in [0, 0.05) is 17.5 Å². The lowest BCUT2D eigenvalue weighted by Crippen LogP contribution is -2.79. The number of carbonyl (C=O) groups excluding carboxylic acids is 2. The topological polar surface area (TPSA) is 54.6 Å². The molecule has 102 valence electrons. The Labute approximate surface area is 118 Å². The first-order valence-electron chi connectivity index (χ1n) is 6.26. The summed E-state index contributed by atoms with van der Waals surface area (Å²) in [5.74, 6) is 0.223. The Hall–Kier alpha value is -1.56. The van der Waals surface area contributed by atoms with Gasteiger partial charge in [0.05, 0.1) is 13.2 Å². The van der Waals surface area contributed by atoms with Crippen LogP contribution in [-0.4, -0.2) is 46.5 Å². The second kappa shape index (κ2) is 4.85. The van der Waals surface area contributed by atoms with E-state index < -0.39 is 5.92 Å². The molecular weight excluding hydrogens is 262 g/mol. The number of fused-ring (bicyclic) bond motifs is 1. The molecule has 0 aromatic rings. The fraction of sp³-hybridized carbons (Fsp3) is 0.538. The second-order valence-corrected chi connectivity index (χ2v) is 5.77. The van der Waals surface area contributed by atoms with Crippen LogP contribution in [0.4, 0.5) is 4.79 Å². The summed E-state index contributed by atoms with van der Waals surface area (Å²) in [6.45, 7) is 4.21. The summed E-state index contributed by atoms with van der Waals surface area (Å²) < 4.78 is 0. The van der Waals surface area contributed by atoms with Crippen LogP contribution in [-0.2, 0) is 4.79 Å². The SMILES string of the molecule is CC(C)CC1=C[NH+]=C2C(C(=O)N(C)C(=O)N2C)C1=S. The van der Waals surface area contributed by atoms with Gasteiger partial charge in [0.15, 0.2) is 5.92 Å². The van der Waals surface area contributed by atoms with Crippen LogP contribution in [0.15, 0.2) is 11.8 Å². The molecular formula is C13H18N3O2S+. The summed E-state index contributed by atoms with van der Waals surface area (Å²) >= 11 is 5.45. The van der Waals surface area contributed by atoms with E-state index in [1.54, 1.807) is 7.05 Å². The number of thiocarbonyl (C=S) groups is 1. The highest BCUT2D eigenvalue weighted by Crippen LogP contribution is 2.24. The molecule has 2 rings (SSSR count). The first-order chi connectivity index (χ1) is 8.84. The largest absolute Gasteiger partial charge is 0.417 e. The molecule has 1 fully saturated rings. The Morgan fingerprint density at radius 2 is 1.95 bits per heavy atom. The molecule has 0 radical (unpaired) electrons. The lowest BCUT2D eigenvalue weighted by atomic mass is 9.88. The van der Waals surface area contributed by atoms with E-state index in [0.717, 1.165) is 16.9 Å². The van der Waals surface area contributed by atoms with Crippen molar-refractivity contribution in [2.24, 2.45) is 11.8 Å². The molecule has 1 saturated heterocycles. The minimum Gasteiger partial charge on any atom is -0.273 e. The summed E-state index contributed by atoms with van der Waals surface area (Å²) in [5, 5.41) is 0. The Balaban J connectivity index is 2.41. The lowest BCUT2D eigenvalue weighted by molar-refractivity contribution is -0.383. The van der Waals surface area contributed by atoms with E-state index in [2.05, 4.69) is 18.8 Å². The van der Waals surface area contributed by atoms with Gasteiger partial charge in [0.2, 0.25) is 0 Å². The first kappa shape index (κ1) is 13.9. The molecule has 0 aromatic heterocycles. The van der Waals surface area contributed by atoms with Crippen LogP contribution in [0.5, 0.6) is 0 Å². The highest BCUT2D eigenvalue weighted by Gasteiger charge is 2.50. The van der Waals surface area contributed by atoms with Crippen LogP contribution in [0.25, 0.3) is 0 Å². The average Bonchev–Trinajstić information content (AvgIpc) is 2.35. The van der Waals surface area contributed by atoms with Gasteiger partial charge < -0.3 is 0 Å². The molecule has 1 unspecified atom stereocenters. The number of amidine groups is 1. The number of hydrogen-bond donors (Lipinski definition) is 1. The lowest BCUT2D eigenvalue weighted by Gasteiger charge is -2.32. The first-order valence-corrected chi connectivity index (χ1v) is 6.67. The van der Waals surface area contributed by atoms with E-state index in [4.69, 9.17) is 12.2 Å². The molecule has 0 aliphatic carbocycles. The molecule has 0 aromatic carbocycles. The van der Waals surface area contributed by atoms with E-state index in [1.165, 1.54) is 11.9 Å². The molecule has 0 saturated carbocycles. The van der Waals surface area contributed by atoms with Crippen molar-refractivity contribution in [1.29, 1.82) is 0 Å². The van der Waals surface area contributed by atoms with E-state index in [-0.39, 0.29) is 11.9 Å². The number of rotatable bonds is 2. The van der Waals surface area contributed by atoms with Gasteiger partial charge in [0.25, 0.3) is 11.7 Å². The molecule has 3 amide bonds. The quantitative estimate of drug-likeness (QED) is 0.720. The van der Waals surface area contributed by atoms with Gasteiger partial charge >= 0.3 is 6.03 Å². The van der Waals surface area contributed by atoms with Crippen molar-refractivity contribution in [2.75, 3.05) is 14.1 Å². The van der Waals surface area contributed by atoms with Crippen molar-refractivity contribution in [3.8, 4) is 0 Å². The van der Waals surface area contributed by atoms with Crippen LogP contribution in [0, 0.1) is 11.8 Å². The maximum Gasteiger partial charge on any atom is 0.417 e. The minimum absolute atomic E-state index is 0.259. The molecule has 0 bridgehead atoms. The van der Waals surface area contributed by atoms with E-state index in [9.17, 15) is 9.59 Å². The Morgan fingerprint density at radius 3 is 2.53 bits per heavy atom. The highest BCUT2D eigenvalue weighted by molar-refractivity contribution is 7.81. The predicted molar refractivity (Wildman–Crippen MR) is 75.5 cm³/mol. The number of nitrogens with one attached hydrogen (secondary N) is 1. The number of imide groups is 1. The third kappa shape index (κ3) is 2.20. The van der Waals surface area contributed by atoms with Crippen LogP contribution in [0.3, 0.4) is 0 Å². The number of nitrogens with zero attached hydrogens (tertiary/aromatic N) is 2. The van der Waals surface area contributed by atoms with Gasteiger partial charge in [-0.1, -0.05) is 26.1 Å². The fourth-order valence-corrected chi connectivity index (χ4v) is 2.71. The molecule has 2 aliphatic rings. The third-order valence-corrected chi connectivity index (χ3v) is 3.89. The van der Waals surface area contributed by atoms with E-state index in [0.29, 0.717) is 16.6 Å². The van der Waals surface area contributed by atoms with E-state index >= 15 is 0 Å². The van der Waals surface area contributed by atoms with Crippen LogP contribution in [0.1, 0.15) is 20.3 Å². The van der Waals surface area contributed by atoms with Crippen LogP contribution < -0.4 is 4.99 Å². The van der Waals surface area contributed by atoms with E-state index in [1.807, 2.05) is 6.20 Å². The zero-order valence-electron chi connectivity index (χ0n) is 11.6. The fourth-order valence-electron chi connectivity index (χ4n) is 2.36. The molecule has 19 heavy (non-hydrogen) atoms. The van der Waals surface area contributed by atoms with Gasteiger partial charge in [0.1, 0.15) is 0 Å². The molecule has 1 N–H and O–H groups in total. The van der Waals surface area contributed by atoms with Crippen molar-refractivity contribution in [2.45, 2.75) is 20.3 Å². The monoisotopic (exact) mass is 280 g/mol. The Morgan fingerprint density at radius 1 is 1.32 bits per heavy atom. The molecule has 0 spiro atoms. The number of carbonyl (C=O) groups is 2. The predicted octanol–water partition coefficient (Wildman–Crippen LogP) is -0.0810. The van der Waals surface area contributed by atoms with Crippen LogP contribution >= 0.6 is 12.2 Å². The maximum absolute atomic E-state index is 12.3. The van der Waals surface area contributed by atoms with Crippen LogP contribution in [0.2, 0.25) is 0 Å². The molecule has 5 nitrogen and oxygen atoms in total. The van der Waals surface area contributed by atoms with Crippen molar-refractivity contribution in [1.82, 2.24) is 9.80 Å². The Kier molecular flexibility index (Phi) is 3.54. The van der Waals surface area contributed by atoms with Gasteiger partial charge in [-0.3, -0.25) is 4.79 Å². The molecule has 1 atom stereocenters. The zero-order chi connectivity index (χ0) is 14.3. The number of urea groups is 1. The maximum atomic E-state index is 12.3. The molecule has 2 heterocycles. The van der Waals surface area contributed by atoms with Gasteiger partial charge in [-0.2, -0.15) is 4.90 Å². The Bertz CT molecular complexity index is 522. The van der Waals surface area contributed by atoms with Crippen molar-refractivity contribution in [3.05, 3.63) is 11.8 Å². The van der Waals surface area contributed by atoms with Crippen molar-refractivity contribution >= 4 is 34.9 Å². The summed E-state index contributed by atoms with van der Waals surface area (Å²) in [6, 6.07) is -0.341. The summed E-state index contributed by atoms with van der Waals surface area (Å²) in [5.41, 5.74) is 0.975. The molecule has 6 heteroatoms. The number of amides is 3. The smallest absolute Gasteiger partial charge is 0.273 e. The van der Waals surface area contributed by atoms with Gasteiger partial charge in [-0.05, 0) is 12.3 Å². The van der Waals surface area contributed by atoms with Crippen molar-refractivity contribution < 1.29 is 14.6 Å². The average molecular weight is 280 g/mol. The minimum atomic E-state index is -0.540. The summed E-state index contributed by atoms with van der Waals surface area (Å²) in [4.78, 5) is 30.4. The third-order valence-electron chi connectivity index (χ3n) is 3.39. The number of allylic oxidation sites excluding steroid dienone is 1. The highest BCUT2D eigenvalue weighted by atomic mass is 32.1. The molecule has 2 aliphatic heterocycles. The second-order valence-electron chi connectivity index (χ2n) is 5.33.